The maximum absolute atomic E-state index is 4.16. The minimum Gasteiger partial charge on any atom is -0.0999 e. The van der Waals surface area contributed by atoms with E-state index in [0.717, 1.165) is 17.8 Å². The van der Waals surface area contributed by atoms with Crippen molar-refractivity contribution in [3.63, 3.8) is 0 Å². The summed E-state index contributed by atoms with van der Waals surface area (Å²) in [6, 6.07) is 0. The molecule has 120 valence electrons. The summed E-state index contributed by atoms with van der Waals surface area (Å²) in [4.78, 5) is 0. The lowest BCUT2D eigenvalue weighted by molar-refractivity contribution is 0.187. The van der Waals surface area contributed by atoms with Gasteiger partial charge in [-0.15, -0.1) is 0 Å². The van der Waals surface area contributed by atoms with Crippen molar-refractivity contribution in [2.24, 2.45) is 17.8 Å². The summed E-state index contributed by atoms with van der Waals surface area (Å²) >= 11 is 0. The molecule has 0 aliphatic heterocycles. The topological polar surface area (TPSA) is 0 Å². The van der Waals surface area contributed by atoms with Crippen molar-refractivity contribution in [1.82, 2.24) is 0 Å². The molecule has 2 aliphatic rings. The van der Waals surface area contributed by atoms with Crippen LogP contribution in [0.2, 0.25) is 0 Å². The summed E-state index contributed by atoms with van der Waals surface area (Å²) < 4.78 is 0. The molecule has 0 bridgehead atoms. The molecule has 0 aromatic carbocycles. The SMILES string of the molecule is C=C(CC)CCC1CCC(C2CC=C(CCC)CC2)CC1. The predicted molar refractivity (Wildman–Crippen MR) is 94.4 cm³/mol. The van der Waals surface area contributed by atoms with Gasteiger partial charge in [0.2, 0.25) is 0 Å². The van der Waals surface area contributed by atoms with Gasteiger partial charge in [0.05, 0.1) is 0 Å². The second-order valence-corrected chi connectivity index (χ2v) is 7.57. The van der Waals surface area contributed by atoms with E-state index in [4.69, 9.17) is 0 Å². The maximum atomic E-state index is 4.16. The first-order valence-corrected chi connectivity index (χ1v) is 9.57. The quantitative estimate of drug-likeness (QED) is 0.440. The highest BCUT2D eigenvalue weighted by Crippen LogP contribution is 2.41. The van der Waals surface area contributed by atoms with Gasteiger partial charge in [-0.25, -0.2) is 0 Å². The van der Waals surface area contributed by atoms with Gasteiger partial charge in [-0.1, -0.05) is 56.9 Å². The van der Waals surface area contributed by atoms with Gasteiger partial charge >= 0.3 is 0 Å². The second-order valence-electron chi connectivity index (χ2n) is 7.57. The number of hydrogen-bond donors (Lipinski definition) is 0. The fourth-order valence-corrected chi connectivity index (χ4v) is 4.42. The summed E-state index contributed by atoms with van der Waals surface area (Å²) in [5.41, 5.74) is 3.21. The molecule has 0 saturated heterocycles. The minimum atomic E-state index is 0.999. The van der Waals surface area contributed by atoms with Crippen LogP contribution in [0.4, 0.5) is 0 Å². The molecule has 0 nitrogen and oxygen atoms in total. The van der Waals surface area contributed by atoms with E-state index in [1.165, 1.54) is 82.6 Å². The van der Waals surface area contributed by atoms with Gasteiger partial charge in [0.1, 0.15) is 0 Å². The normalized spacial score (nSPS) is 30.0. The molecule has 0 amide bonds. The van der Waals surface area contributed by atoms with Gasteiger partial charge in [0, 0.05) is 0 Å². The van der Waals surface area contributed by atoms with Gasteiger partial charge in [-0.3, -0.25) is 0 Å². The van der Waals surface area contributed by atoms with Crippen LogP contribution < -0.4 is 0 Å². The van der Waals surface area contributed by atoms with Gasteiger partial charge in [0.25, 0.3) is 0 Å². The summed E-state index contributed by atoms with van der Waals surface area (Å²) in [7, 11) is 0. The number of rotatable bonds is 7. The van der Waals surface area contributed by atoms with Gasteiger partial charge in [0.15, 0.2) is 0 Å². The van der Waals surface area contributed by atoms with Gasteiger partial charge in [-0.2, -0.15) is 0 Å². The van der Waals surface area contributed by atoms with Crippen molar-refractivity contribution in [3.05, 3.63) is 23.8 Å². The molecular formula is C21H36. The Morgan fingerprint density at radius 2 is 1.86 bits per heavy atom. The first kappa shape index (κ1) is 16.8. The van der Waals surface area contributed by atoms with Crippen LogP contribution >= 0.6 is 0 Å². The molecule has 0 spiro atoms. The Morgan fingerprint density at radius 3 is 2.43 bits per heavy atom. The van der Waals surface area contributed by atoms with Crippen molar-refractivity contribution < 1.29 is 0 Å². The van der Waals surface area contributed by atoms with Crippen molar-refractivity contribution in [2.45, 2.75) is 90.9 Å². The molecule has 21 heavy (non-hydrogen) atoms. The molecule has 0 radical (unpaired) electrons. The highest BCUT2D eigenvalue weighted by atomic mass is 14.3. The molecule has 0 aromatic rings. The molecule has 0 heterocycles. The van der Waals surface area contributed by atoms with Crippen molar-refractivity contribution >= 4 is 0 Å². The molecular weight excluding hydrogens is 252 g/mol. The van der Waals surface area contributed by atoms with Crippen LogP contribution in [-0.2, 0) is 0 Å². The zero-order valence-electron chi connectivity index (χ0n) is 14.5. The largest absolute Gasteiger partial charge is 0.0999 e. The average molecular weight is 289 g/mol. The summed E-state index contributed by atoms with van der Waals surface area (Å²) in [6.07, 6.45) is 19.4. The lowest BCUT2D eigenvalue weighted by Crippen LogP contribution is -2.23. The molecule has 0 aromatic heterocycles. The van der Waals surface area contributed by atoms with Crippen LogP contribution in [0.25, 0.3) is 0 Å². The van der Waals surface area contributed by atoms with E-state index in [-0.39, 0.29) is 0 Å². The third kappa shape index (κ3) is 5.31. The fourth-order valence-electron chi connectivity index (χ4n) is 4.42. The van der Waals surface area contributed by atoms with E-state index in [2.05, 4.69) is 26.5 Å². The number of allylic oxidation sites excluding steroid dienone is 3. The Hall–Kier alpha value is -0.520. The molecule has 0 heteroatoms. The van der Waals surface area contributed by atoms with Crippen LogP contribution in [0.5, 0.6) is 0 Å². The molecule has 1 unspecified atom stereocenters. The van der Waals surface area contributed by atoms with Crippen LogP contribution in [0.3, 0.4) is 0 Å². The van der Waals surface area contributed by atoms with Gasteiger partial charge < -0.3 is 0 Å². The first-order chi connectivity index (χ1) is 10.2. The lowest BCUT2D eigenvalue weighted by atomic mass is 9.70. The first-order valence-electron chi connectivity index (χ1n) is 9.57. The lowest BCUT2D eigenvalue weighted by Gasteiger charge is -2.35. The standard InChI is InChI=1S/C21H36/c1-4-6-18-9-13-20(14-10-18)21-15-11-19(12-16-21)8-7-17(3)5-2/h9,19-21H,3-8,10-16H2,1-2H3. The van der Waals surface area contributed by atoms with Gasteiger partial charge in [-0.05, 0) is 75.5 Å². The van der Waals surface area contributed by atoms with Crippen molar-refractivity contribution in [2.75, 3.05) is 0 Å². The Labute approximate surface area is 133 Å². The zero-order valence-corrected chi connectivity index (χ0v) is 14.5. The van der Waals surface area contributed by atoms with Crippen LogP contribution in [-0.4, -0.2) is 0 Å². The molecule has 2 rings (SSSR count). The Bertz CT molecular complexity index is 341. The Morgan fingerprint density at radius 1 is 1.10 bits per heavy atom. The molecule has 1 fully saturated rings. The summed E-state index contributed by atoms with van der Waals surface area (Å²) in [5, 5.41) is 0. The van der Waals surface area contributed by atoms with Crippen molar-refractivity contribution in [3.8, 4) is 0 Å². The molecule has 0 N–H and O–H groups in total. The van der Waals surface area contributed by atoms with Crippen LogP contribution in [0.15, 0.2) is 23.8 Å². The fraction of sp³-hybridized carbons (Fsp3) is 0.810. The van der Waals surface area contributed by atoms with Crippen molar-refractivity contribution in [1.29, 1.82) is 0 Å². The summed E-state index contributed by atoms with van der Waals surface area (Å²) in [5.74, 6) is 3.05. The third-order valence-corrected chi connectivity index (χ3v) is 6.08. The minimum absolute atomic E-state index is 0.999. The highest BCUT2D eigenvalue weighted by Gasteiger charge is 2.28. The smallest absolute Gasteiger partial charge is 0.0317 e. The van der Waals surface area contributed by atoms with Crippen LogP contribution in [0.1, 0.15) is 90.9 Å². The monoisotopic (exact) mass is 288 g/mol. The van der Waals surface area contributed by atoms with E-state index in [1.807, 2.05) is 0 Å². The van der Waals surface area contributed by atoms with Crippen LogP contribution in [0, 0.1) is 17.8 Å². The highest BCUT2D eigenvalue weighted by molar-refractivity contribution is 5.07. The van der Waals surface area contributed by atoms with E-state index in [0.29, 0.717) is 0 Å². The van der Waals surface area contributed by atoms with E-state index >= 15 is 0 Å². The Kier molecular flexibility index (Phi) is 7.07. The average Bonchev–Trinajstić information content (AvgIpc) is 2.54. The maximum Gasteiger partial charge on any atom is -0.0317 e. The predicted octanol–water partition coefficient (Wildman–Crippen LogP) is 7.07. The molecule has 2 aliphatic carbocycles. The summed E-state index contributed by atoms with van der Waals surface area (Å²) in [6.45, 7) is 8.71. The zero-order chi connectivity index (χ0) is 15.1. The number of hydrogen-bond acceptors (Lipinski definition) is 0. The van der Waals surface area contributed by atoms with E-state index in [9.17, 15) is 0 Å². The van der Waals surface area contributed by atoms with E-state index in [1.54, 1.807) is 5.57 Å². The van der Waals surface area contributed by atoms with E-state index < -0.39 is 0 Å². The molecule has 1 atom stereocenters. The second kappa shape index (κ2) is 8.81. The molecule has 1 saturated carbocycles. The Balaban J connectivity index is 1.68. The third-order valence-electron chi connectivity index (χ3n) is 6.08.